The van der Waals surface area contributed by atoms with Crippen LogP contribution in [0.1, 0.15) is 44.0 Å². The summed E-state index contributed by atoms with van der Waals surface area (Å²) in [6, 6.07) is 6.50. The van der Waals surface area contributed by atoms with Gasteiger partial charge in [-0.05, 0) is 44.2 Å². The van der Waals surface area contributed by atoms with Crippen LogP contribution in [0.4, 0.5) is 0 Å². The molecule has 18 heavy (non-hydrogen) atoms. The fourth-order valence-electron chi connectivity index (χ4n) is 2.93. The molecule has 1 aromatic heterocycles. The van der Waals surface area contributed by atoms with Gasteiger partial charge in [-0.15, -0.1) is 0 Å². The number of nitrogens with zero attached hydrogens (tertiary/aromatic N) is 2. The van der Waals surface area contributed by atoms with Crippen molar-refractivity contribution in [1.82, 2.24) is 9.55 Å². The monoisotopic (exact) mass is 261 g/mol. The van der Waals surface area contributed by atoms with Crippen molar-refractivity contribution in [3.8, 4) is 0 Å². The van der Waals surface area contributed by atoms with Crippen LogP contribution in [0.2, 0.25) is 5.02 Å². The maximum absolute atomic E-state index is 6.48. The van der Waals surface area contributed by atoms with Gasteiger partial charge in [0.1, 0.15) is 5.82 Å². The average Bonchev–Trinajstić information content (AvgIpc) is 3.07. The Labute approximate surface area is 111 Å². The molecule has 2 aromatic rings. The van der Waals surface area contributed by atoms with Crippen molar-refractivity contribution < 1.29 is 0 Å². The number of fused-ring (bicyclic) bond motifs is 1. The van der Waals surface area contributed by atoms with Gasteiger partial charge >= 0.3 is 0 Å². The Bertz CT molecular complexity index is 623. The van der Waals surface area contributed by atoms with E-state index in [2.05, 4.69) is 4.57 Å². The lowest BCUT2D eigenvalue weighted by Gasteiger charge is -2.37. The number of hydrogen-bond donors (Lipinski definition) is 1. The van der Waals surface area contributed by atoms with E-state index in [-0.39, 0.29) is 5.54 Å². The van der Waals surface area contributed by atoms with E-state index in [0.29, 0.717) is 6.04 Å². The molecule has 0 unspecified atom stereocenters. The highest BCUT2D eigenvalue weighted by Crippen LogP contribution is 2.46. The number of benzene rings is 1. The van der Waals surface area contributed by atoms with Crippen LogP contribution in [0.3, 0.4) is 0 Å². The predicted molar refractivity (Wildman–Crippen MR) is 72.7 cm³/mol. The van der Waals surface area contributed by atoms with Crippen LogP contribution in [0.5, 0.6) is 0 Å². The third-order valence-corrected chi connectivity index (χ3v) is 4.57. The fraction of sp³-hybridized carbons (Fsp3) is 0.500. The van der Waals surface area contributed by atoms with Gasteiger partial charge in [-0.2, -0.15) is 0 Å². The molecule has 0 atom stereocenters. The smallest absolute Gasteiger partial charge is 0.130 e. The summed E-state index contributed by atoms with van der Waals surface area (Å²) in [5, 5.41) is 0.793. The highest BCUT2D eigenvalue weighted by molar-refractivity contribution is 6.35. The first kappa shape index (κ1) is 10.8. The van der Waals surface area contributed by atoms with Gasteiger partial charge in [-0.25, -0.2) is 4.98 Å². The summed E-state index contributed by atoms with van der Waals surface area (Å²) in [6.45, 7) is 0. The molecule has 3 nitrogen and oxygen atoms in total. The number of rotatable bonds is 2. The van der Waals surface area contributed by atoms with Gasteiger partial charge in [0.25, 0.3) is 0 Å². The van der Waals surface area contributed by atoms with E-state index >= 15 is 0 Å². The minimum absolute atomic E-state index is 0.217. The molecule has 0 aliphatic heterocycles. The molecule has 2 aliphatic rings. The number of nitrogens with two attached hydrogens (primary N) is 1. The summed E-state index contributed by atoms with van der Waals surface area (Å²) in [4.78, 5) is 4.78. The lowest BCUT2D eigenvalue weighted by Crippen LogP contribution is -2.45. The molecule has 0 spiro atoms. The number of imidazole rings is 1. The van der Waals surface area contributed by atoms with E-state index in [1.165, 1.54) is 19.3 Å². The van der Waals surface area contributed by atoms with Gasteiger partial charge < -0.3 is 10.3 Å². The molecule has 2 fully saturated rings. The topological polar surface area (TPSA) is 43.8 Å². The quantitative estimate of drug-likeness (QED) is 0.901. The largest absolute Gasteiger partial charge is 0.322 e. The van der Waals surface area contributed by atoms with Crippen LogP contribution >= 0.6 is 11.6 Å². The van der Waals surface area contributed by atoms with Crippen molar-refractivity contribution in [3.05, 3.63) is 29.0 Å². The Hall–Kier alpha value is -1.06. The van der Waals surface area contributed by atoms with E-state index in [1.807, 2.05) is 18.2 Å². The van der Waals surface area contributed by atoms with Crippen LogP contribution in [0, 0.1) is 0 Å². The molecule has 0 radical (unpaired) electrons. The van der Waals surface area contributed by atoms with Crippen LogP contribution < -0.4 is 5.73 Å². The second-order valence-electron chi connectivity index (χ2n) is 5.65. The fourth-order valence-corrected chi connectivity index (χ4v) is 3.19. The summed E-state index contributed by atoms with van der Waals surface area (Å²) in [6.07, 6.45) is 5.74. The zero-order chi connectivity index (χ0) is 12.3. The third kappa shape index (κ3) is 1.38. The Kier molecular flexibility index (Phi) is 2.10. The standard InChI is InChI=1S/C14H16ClN3/c15-10-3-1-4-11-12(10)18(9-5-6-9)13(17-11)14(16)7-2-8-14/h1,3-4,9H,2,5-8,16H2. The molecule has 0 bridgehead atoms. The molecule has 1 heterocycles. The number of para-hydroxylation sites is 1. The molecule has 0 amide bonds. The van der Waals surface area contributed by atoms with Gasteiger partial charge in [0.2, 0.25) is 0 Å². The van der Waals surface area contributed by atoms with Crippen LogP contribution in [-0.4, -0.2) is 9.55 Å². The molecule has 2 N–H and O–H groups in total. The second kappa shape index (κ2) is 3.49. The second-order valence-corrected chi connectivity index (χ2v) is 6.06. The molecular weight excluding hydrogens is 246 g/mol. The van der Waals surface area contributed by atoms with Crippen molar-refractivity contribution in [2.75, 3.05) is 0 Å². The lowest BCUT2D eigenvalue weighted by molar-refractivity contribution is 0.231. The van der Waals surface area contributed by atoms with Crippen LogP contribution in [0.25, 0.3) is 11.0 Å². The first-order valence-electron chi connectivity index (χ1n) is 6.65. The average molecular weight is 262 g/mol. The molecule has 4 heteroatoms. The first-order chi connectivity index (χ1) is 8.69. The number of hydrogen-bond acceptors (Lipinski definition) is 2. The Morgan fingerprint density at radius 2 is 2.11 bits per heavy atom. The van der Waals surface area contributed by atoms with Gasteiger partial charge in [-0.3, -0.25) is 0 Å². The SMILES string of the molecule is NC1(c2nc3cccc(Cl)c3n2C2CC2)CCC1. The highest BCUT2D eigenvalue weighted by atomic mass is 35.5. The Morgan fingerprint density at radius 3 is 2.72 bits per heavy atom. The van der Waals surface area contributed by atoms with Crippen LogP contribution in [0.15, 0.2) is 18.2 Å². The lowest BCUT2D eigenvalue weighted by atomic mass is 9.77. The molecule has 2 aliphatic carbocycles. The minimum Gasteiger partial charge on any atom is -0.322 e. The highest BCUT2D eigenvalue weighted by Gasteiger charge is 2.42. The minimum atomic E-state index is -0.217. The number of halogens is 1. The van der Waals surface area contributed by atoms with E-state index in [1.54, 1.807) is 0 Å². The van der Waals surface area contributed by atoms with Crippen molar-refractivity contribution in [2.45, 2.75) is 43.7 Å². The van der Waals surface area contributed by atoms with E-state index < -0.39 is 0 Å². The third-order valence-electron chi connectivity index (χ3n) is 4.26. The zero-order valence-electron chi connectivity index (χ0n) is 10.2. The molecule has 1 aromatic carbocycles. The van der Waals surface area contributed by atoms with Crippen molar-refractivity contribution in [2.24, 2.45) is 5.73 Å². The normalized spacial score (nSPS) is 22.1. The predicted octanol–water partition coefficient (Wildman–Crippen LogP) is 3.36. The van der Waals surface area contributed by atoms with Crippen molar-refractivity contribution >= 4 is 22.6 Å². The van der Waals surface area contributed by atoms with Gasteiger partial charge in [0, 0.05) is 6.04 Å². The number of aromatic nitrogens is 2. The summed E-state index contributed by atoms with van der Waals surface area (Å²) >= 11 is 6.36. The summed E-state index contributed by atoms with van der Waals surface area (Å²) in [7, 11) is 0. The molecular formula is C14H16ClN3. The van der Waals surface area contributed by atoms with Gasteiger partial charge in [-0.1, -0.05) is 17.7 Å². The summed E-state index contributed by atoms with van der Waals surface area (Å²) < 4.78 is 2.32. The van der Waals surface area contributed by atoms with Crippen LogP contribution in [-0.2, 0) is 5.54 Å². The van der Waals surface area contributed by atoms with E-state index in [9.17, 15) is 0 Å². The van der Waals surface area contributed by atoms with E-state index in [0.717, 1.165) is 34.7 Å². The van der Waals surface area contributed by atoms with Gasteiger partial charge in [0.05, 0.1) is 21.6 Å². The Morgan fingerprint density at radius 1 is 1.33 bits per heavy atom. The first-order valence-corrected chi connectivity index (χ1v) is 7.03. The van der Waals surface area contributed by atoms with Crippen molar-refractivity contribution in [3.63, 3.8) is 0 Å². The maximum atomic E-state index is 6.48. The zero-order valence-corrected chi connectivity index (χ0v) is 11.0. The maximum Gasteiger partial charge on any atom is 0.130 e. The van der Waals surface area contributed by atoms with Crippen molar-refractivity contribution in [1.29, 1.82) is 0 Å². The molecule has 4 rings (SSSR count). The van der Waals surface area contributed by atoms with Gasteiger partial charge in [0.15, 0.2) is 0 Å². The molecule has 94 valence electrons. The van der Waals surface area contributed by atoms with E-state index in [4.69, 9.17) is 22.3 Å². The summed E-state index contributed by atoms with van der Waals surface area (Å²) in [5.41, 5.74) is 8.33. The Balaban J connectivity index is 2.02. The molecule has 2 saturated carbocycles. The molecule has 0 saturated heterocycles. The summed E-state index contributed by atoms with van der Waals surface area (Å²) in [5.74, 6) is 1.05.